The fourth-order valence-corrected chi connectivity index (χ4v) is 2.42. The van der Waals surface area contributed by atoms with E-state index in [0.717, 1.165) is 19.5 Å². The number of nitrogens with one attached hydrogen (secondary N) is 1. The standard InChI is InChI=1S/C12H23NO4/c1-5-6-13-7-8-9-10(11(14-4)15-8)17-12(2,3)16-9/h8-11,13H,5-7H2,1-4H3/t8-,9+,10+,11-/m1/s1. The van der Waals surface area contributed by atoms with Crippen LogP contribution in [0, 0.1) is 0 Å². The number of methoxy groups -OCH3 is 1. The molecule has 0 aliphatic carbocycles. The summed E-state index contributed by atoms with van der Waals surface area (Å²) in [5.41, 5.74) is 0. The summed E-state index contributed by atoms with van der Waals surface area (Å²) in [5, 5.41) is 3.35. The maximum Gasteiger partial charge on any atom is 0.186 e. The predicted molar refractivity (Wildman–Crippen MR) is 62.7 cm³/mol. The topological polar surface area (TPSA) is 49.0 Å². The Morgan fingerprint density at radius 3 is 2.59 bits per heavy atom. The minimum atomic E-state index is -0.543. The minimum absolute atomic E-state index is 0.00160. The highest BCUT2D eigenvalue weighted by Crippen LogP contribution is 2.38. The monoisotopic (exact) mass is 245 g/mol. The molecular formula is C12H23NO4. The molecule has 2 aliphatic heterocycles. The highest BCUT2D eigenvalue weighted by molar-refractivity contribution is 4.95. The van der Waals surface area contributed by atoms with Gasteiger partial charge < -0.3 is 24.3 Å². The van der Waals surface area contributed by atoms with Crippen molar-refractivity contribution < 1.29 is 18.9 Å². The first-order valence-corrected chi connectivity index (χ1v) is 6.32. The van der Waals surface area contributed by atoms with Gasteiger partial charge in [-0.1, -0.05) is 6.92 Å². The normalized spacial score (nSPS) is 39.5. The summed E-state index contributed by atoms with van der Waals surface area (Å²) >= 11 is 0. The number of rotatable bonds is 5. The Kier molecular flexibility index (Phi) is 4.05. The van der Waals surface area contributed by atoms with E-state index in [1.54, 1.807) is 7.11 Å². The lowest BCUT2D eigenvalue weighted by molar-refractivity contribution is -0.226. The Morgan fingerprint density at radius 2 is 1.94 bits per heavy atom. The first-order valence-electron chi connectivity index (χ1n) is 6.32. The van der Waals surface area contributed by atoms with E-state index in [-0.39, 0.29) is 24.6 Å². The summed E-state index contributed by atoms with van der Waals surface area (Å²) in [6, 6.07) is 0. The van der Waals surface area contributed by atoms with Crippen molar-refractivity contribution in [1.29, 1.82) is 0 Å². The SMILES string of the molecule is CCCNC[C@H]1O[C@@H](OC)[C@H]2OC(C)(C)O[C@H]21. The van der Waals surface area contributed by atoms with Crippen molar-refractivity contribution in [2.45, 2.75) is 57.6 Å². The van der Waals surface area contributed by atoms with Gasteiger partial charge in [0, 0.05) is 13.7 Å². The van der Waals surface area contributed by atoms with Crippen molar-refractivity contribution in [2.24, 2.45) is 0 Å². The third-order valence-electron chi connectivity index (χ3n) is 3.11. The molecule has 5 heteroatoms. The lowest BCUT2D eigenvalue weighted by Gasteiger charge is -2.23. The van der Waals surface area contributed by atoms with Crippen molar-refractivity contribution in [3.05, 3.63) is 0 Å². The maximum atomic E-state index is 5.88. The van der Waals surface area contributed by atoms with Crippen molar-refractivity contribution in [3.63, 3.8) is 0 Å². The van der Waals surface area contributed by atoms with E-state index in [4.69, 9.17) is 18.9 Å². The Hall–Kier alpha value is -0.200. The van der Waals surface area contributed by atoms with Crippen LogP contribution >= 0.6 is 0 Å². The van der Waals surface area contributed by atoms with Crippen LogP contribution in [0.2, 0.25) is 0 Å². The molecule has 2 heterocycles. The molecule has 0 bridgehead atoms. The van der Waals surface area contributed by atoms with Crippen molar-refractivity contribution >= 4 is 0 Å². The second kappa shape index (κ2) is 5.20. The average molecular weight is 245 g/mol. The van der Waals surface area contributed by atoms with E-state index in [0.29, 0.717) is 0 Å². The molecule has 2 saturated heterocycles. The molecule has 0 aromatic heterocycles. The molecule has 2 rings (SSSR count). The van der Waals surface area contributed by atoms with Gasteiger partial charge in [-0.3, -0.25) is 0 Å². The first-order chi connectivity index (χ1) is 8.07. The summed E-state index contributed by atoms with van der Waals surface area (Å²) in [4.78, 5) is 0. The van der Waals surface area contributed by atoms with E-state index < -0.39 is 5.79 Å². The van der Waals surface area contributed by atoms with Crippen LogP contribution in [0.4, 0.5) is 0 Å². The Labute approximate surface area is 103 Å². The molecular weight excluding hydrogens is 222 g/mol. The third kappa shape index (κ3) is 2.80. The molecule has 0 spiro atoms. The second-order valence-corrected chi connectivity index (χ2v) is 5.05. The van der Waals surface area contributed by atoms with Crippen molar-refractivity contribution in [1.82, 2.24) is 5.32 Å². The van der Waals surface area contributed by atoms with Crippen LogP contribution in [-0.2, 0) is 18.9 Å². The summed E-state index contributed by atoms with van der Waals surface area (Å²) in [6.07, 6.45) is 0.619. The van der Waals surface area contributed by atoms with E-state index in [1.807, 2.05) is 13.8 Å². The van der Waals surface area contributed by atoms with Crippen LogP contribution in [0.5, 0.6) is 0 Å². The average Bonchev–Trinajstić information content (AvgIpc) is 2.73. The van der Waals surface area contributed by atoms with E-state index in [1.165, 1.54) is 0 Å². The molecule has 0 saturated carbocycles. The highest BCUT2D eigenvalue weighted by atomic mass is 16.8. The molecule has 0 amide bonds. The number of hydrogen-bond acceptors (Lipinski definition) is 5. The van der Waals surface area contributed by atoms with E-state index in [2.05, 4.69) is 12.2 Å². The fourth-order valence-electron chi connectivity index (χ4n) is 2.42. The van der Waals surface area contributed by atoms with Gasteiger partial charge in [0.05, 0.1) is 0 Å². The zero-order chi connectivity index (χ0) is 12.5. The first kappa shape index (κ1) is 13.2. The molecule has 2 fully saturated rings. The van der Waals surface area contributed by atoms with Crippen LogP contribution in [0.25, 0.3) is 0 Å². The molecule has 4 atom stereocenters. The summed E-state index contributed by atoms with van der Waals surface area (Å²) in [6.45, 7) is 7.75. The molecule has 0 aromatic rings. The van der Waals surface area contributed by atoms with Crippen molar-refractivity contribution in [3.8, 4) is 0 Å². The van der Waals surface area contributed by atoms with Gasteiger partial charge in [0.25, 0.3) is 0 Å². The van der Waals surface area contributed by atoms with Crippen LogP contribution in [0.1, 0.15) is 27.2 Å². The molecule has 0 aromatic carbocycles. The number of hydrogen-bond donors (Lipinski definition) is 1. The minimum Gasteiger partial charge on any atom is -0.353 e. The van der Waals surface area contributed by atoms with Crippen LogP contribution in [0.3, 0.4) is 0 Å². The molecule has 1 N–H and O–H groups in total. The Morgan fingerprint density at radius 1 is 1.24 bits per heavy atom. The Balaban J connectivity index is 1.95. The van der Waals surface area contributed by atoms with Gasteiger partial charge >= 0.3 is 0 Å². The van der Waals surface area contributed by atoms with Gasteiger partial charge in [-0.2, -0.15) is 0 Å². The number of fused-ring (bicyclic) bond motifs is 1. The predicted octanol–water partition coefficient (Wildman–Crippen LogP) is 0.877. The van der Waals surface area contributed by atoms with Gasteiger partial charge in [-0.15, -0.1) is 0 Å². The molecule has 17 heavy (non-hydrogen) atoms. The fraction of sp³-hybridized carbons (Fsp3) is 1.00. The van der Waals surface area contributed by atoms with Crippen LogP contribution < -0.4 is 5.32 Å². The van der Waals surface area contributed by atoms with Crippen molar-refractivity contribution in [2.75, 3.05) is 20.2 Å². The smallest absolute Gasteiger partial charge is 0.186 e. The largest absolute Gasteiger partial charge is 0.353 e. The van der Waals surface area contributed by atoms with Gasteiger partial charge in [0.15, 0.2) is 12.1 Å². The third-order valence-corrected chi connectivity index (χ3v) is 3.11. The van der Waals surface area contributed by atoms with Crippen LogP contribution in [0.15, 0.2) is 0 Å². The molecule has 0 radical (unpaired) electrons. The lowest BCUT2D eigenvalue weighted by Crippen LogP contribution is -2.37. The van der Waals surface area contributed by atoms with Gasteiger partial charge in [0.1, 0.15) is 18.3 Å². The highest BCUT2D eigenvalue weighted by Gasteiger charge is 2.55. The van der Waals surface area contributed by atoms with E-state index >= 15 is 0 Å². The van der Waals surface area contributed by atoms with Gasteiger partial charge in [-0.25, -0.2) is 0 Å². The zero-order valence-electron chi connectivity index (χ0n) is 11.1. The number of ether oxygens (including phenoxy) is 4. The summed E-state index contributed by atoms with van der Waals surface area (Å²) in [7, 11) is 1.64. The van der Waals surface area contributed by atoms with E-state index in [9.17, 15) is 0 Å². The molecule has 0 unspecified atom stereocenters. The Bertz CT molecular complexity index is 259. The van der Waals surface area contributed by atoms with Crippen LogP contribution in [-0.4, -0.2) is 50.6 Å². The molecule has 5 nitrogen and oxygen atoms in total. The quantitative estimate of drug-likeness (QED) is 0.729. The maximum absolute atomic E-state index is 5.88. The zero-order valence-corrected chi connectivity index (χ0v) is 11.1. The lowest BCUT2D eigenvalue weighted by atomic mass is 10.1. The molecule has 2 aliphatic rings. The summed E-state index contributed by atoms with van der Waals surface area (Å²) in [5.74, 6) is -0.543. The molecule has 100 valence electrons. The summed E-state index contributed by atoms with van der Waals surface area (Å²) < 4.78 is 22.8. The van der Waals surface area contributed by atoms with Gasteiger partial charge in [-0.05, 0) is 26.8 Å². The second-order valence-electron chi connectivity index (χ2n) is 5.05. The van der Waals surface area contributed by atoms with Gasteiger partial charge in [0.2, 0.25) is 0 Å².